The number of piperidine rings is 1. The molecule has 2 aromatic rings. The van der Waals surface area contributed by atoms with Crippen LogP contribution in [0.3, 0.4) is 0 Å². The fourth-order valence-electron chi connectivity index (χ4n) is 4.02. The third kappa shape index (κ3) is 3.92. The van der Waals surface area contributed by atoms with Crippen molar-refractivity contribution in [2.24, 2.45) is 5.73 Å². The number of hydrogen-bond donors (Lipinski definition) is 3. The van der Waals surface area contributed by atoms with Crippen LogP contribution in [-0.2, 0) is 35.8 Å². The Labute approximate surface area is 169 Å². The van der Waals surface area contributed by atoms with Gasteiger partial charge in [0.2, 0.25) is 11.8 Å². The molecule has 0 radical (unpaired) electrons. The molecule has 2 heterocycles. The number of fused-ring (bicyclic) bond motifs is 1. The summed E-state index contributed by atoms with van der Waals surface area (Å²) in [6.45, 7) is 2.22. The average molecular weight is 392 g/mol. The highest BCUT2D eigenvalue weighted by Gasteiger charge is 2.39. The van der Waals surface area contributed by atoms with E-state index in [1.54, 1.807) is 11.0 Å². The maximum atomic E-state index is 12.9. The average Bonchev–Trinajstić information content (AvgIpc) is 3.06. The zero-order valence-corrected chi connectivity index (χ0v) is 16.1. The third-order valence-corrected chi connectivity index (χ3v) is 5.55. The van der Waals surface area contributed by atoms with Gasteiger partial charge in [0, 0.05) is 38.2 Å². The number of nitrogens with one attached hydrogen (secondary N) is 2. The SMILES string of the molecule is NCc1cccc(CNCc2cccc3c2CN(C2CCC(=O)NC2=O)C3=O)c1. The number of rotatable bonds is 6. The second kappa shape index (κ2) is 8.14. The van der Waals surface area contributed by atoms with E-state index in [1.807, 2.05) is 24.3 Å². The van der Waals surface area contributed by atoms with E-state index in [-0.39, 0.29) is 24.1 Å². The van der Waals surface area contributed by atoms with Gasteiger partial charge in [-0.3, -0.25) is 19.7 Å². The molecule has 2 aliphatic rings. The van der Waals surface area contributed by atoms with Gasteiger partial charge < -0.3 is 16.0 Å². The molecule has 2 aliphatic heterocycles. The van der Waals surface area contributed by atoms with E-state index in [9.17, 15) is 14.4 Å². The number of carbonyl (C=O) groups excluding carboxylic acids is 3. The van der Waals surface area contributed by atoms with Crippen molar-refractivity contribution in [2.45, 2.75) is 45.1 Å². The molecule has 150 valence electrons. The van der Waals surface area contributed by atoms with Crippen molar-refractivity contribution in [3.63, 3.8) is 0 Å². The predicted octanol–water partition coefficient (Wildman–Crippen LogP) is 1.20. The maximum absolute atomic E-state index is 12.9. The number of imide groups is 1. The molecular formula is C22H24N4O3. The maximum Gasteiger partial charge on any atom is 0.255 e. The second-order valence-corrected chi connectivity index (χ2v) is 7.47. The number of amides is 3. The van der Waals surface area contributed by atoms with E-state index >= 15 is 0 Å². The third-order valence-electron chi connectivity index (χ3n) is 5.55. The minimum atomic E-state index is -0.590. The lowest BCUT2D eigenvalue weighted by Crippen LogP contribution is -2.52. The van der Waals surface area contributed by atoms with Gasteiger partial charge in [0.1, 0.15) is 6.04 Å². The quantitative estimate of drug-likeness (QED) is 0.641. The lowest BCUT2D eigenvalue weighted by Gasteiger charge is -2.29. The van der Waals surface area contributed by atoms with Crippen LogP contribution in [0.15, 0.2) is 42.5 Å². The van der Waals surface area contributed by atoms with Crippen molar-refractivity contribution < 1.29 is 14.4 Å². The molecule has 4 rings (SSSR count). The van der Waals surface area contributed by atoms with E-state index in [0.29, 0.717) is 38.2 Å². The van der Waals surface area contributed by atoms with Gasteiger partial charge in [0.25, 0.3) is 5.91 Å². The first-order valence-electron chi connectivity index (χ1n) is 9.81. The fourth-order valence-corrected chi connectivity index (χ4v) is 4.02. The van der Waals surface area contributed by atoms with Gasteiger partial charge in [-0.05, 0) is 34.7 Å². The van der Waals surface area contributed by atoms with Crippen LogP contribution in [0.25, 0.3) is 0 Å². The number of carbonyl (C=O) groups is 3. The minimum Gasteiger partial charge on any atom is -0.326 e. The Balaban J connectivity index is 1.45. The highest BCUT2D eigenvalue weighted by molar-refractivity contribution is 6.05. The Morgan fingerprint density at radius 1 is 1.07 bits per heavy atom. The zero-order valence-electron chi connectivity index (χ0n) is 16.1. The Morgan fingerprint density at radius 3 is 2.66 bits per heavy atom. The van der Waals surface area contributed by atoms with Gasteiger partial charge >= 0.3 is 0 Å². The van der Waals surface area contributed by atoms with E-state index < -0.39 is 6.04 Å². The minimum absolute atomic E-state index is 0.146. The number of hydrogen-bond acceptors (Lipinski definition) is 5. The molecule has 29 heavy (non-hydrogen) atoms. The molecule has 0 aromatic heterocycles. The summed E-state index contributed by atoms with van der Waals surface area (Å²) in [5.74, 6) is -0.812. The van der Waals surface area contributed by atoms with Gasteiger partial charge in [-0.25, -0.2) is 0 Å². The summed E-state index contributed by atoms with van der Waals surface area (Å²) in [6.07, 6.45) is 0.627. The summed E-state index contributed by atoms with van der Waals surface area (Å²) in [5.41, 5.74) is 10.6. The number of nitrogens with two attached hydrogens (primary N) is 1. The van der Waals surface area contributed by atoms with Crippen LogP contribution in [0.2, 0.25) is 0 Å². The molecule has 7 nitrogen and oxygen atoms in total. The van der Waals surface area contributed by atoms with Gasteiger partial charge in [-0.1, -0.05) is 36.4 Å². The van der Waals surface area contributed by atoms with Crippen LogP contribution < -0.4 is 16.4 Å². The number of benzene rings is 2. The van der Waals surface area contributed by atoms with Gasteiger partial charge in [-0.2, -0.15) is 0 Å². The molecular weight excluding hydrogens is 368 g/mol. The molecule has 0 bridgehead atoms. The van der Waals surface area contributed by atoms with Crippen LogP contribution in [0.1, 0.15) is 45.5 Å². The molecule has 4 N–H and O–H groups in total. The standard InChI is InChI=1S/C22H24N4O3/c23-10-14-3-1-4-15(9-14)11-24-12-16-5-2-6-17-18(16)13-26(22(17)29)19-7-8-20(27)25-21(19)28/h1-6,9,19,24H,7-8,10-13,23H2,(H,25,27,28). The van der Waals surface area contributed by atoms with Gasteiger partial charge in [0.05, 0.1) is 0 Å². The van der Waals surface area contributed by atoms with E-state index in [1.165, 1.54) is 0 Å². The van der Waals surface area contributed by atoms with Crippen LogP contribution in [0, 0.1) is 0 Å². The fraction of sp³-hybridized carbons (Fsp3) is 0.318. The van der Waals surface area contributed by atoms with E-state index in [2.05, 4.69) is 22.8 Å². The van der Waals surface area contributed by atoms with E-state index in [0.717, 1.165) is 22.3 Å². The summed E-state index contributed by atoms with van der Waals surface area (Å²) in [6, 6.07) is 13.2. The van der Waals surface area contributed by atoms with Crippen molar-refractivity contribution in [1.29, 1.82) is 0 Å². The Morgan fingerprint density at radius 2 is 1.86 bits per heavy atom. The number of nitrogens with zero attached hydrogens (tertiary/aromatic N) is 1. The molecule has 1 atom stereocenters. The first-order valence-corrected chi connectivity index (χ1v) is 9.81. The summed E-state index contributed by atoms with van der Waals surface area (Å²) >= 11 is 0. The van der Waals surface area contributed by atoms with Gasteiger partial charge in [-0.15, -0.1) is 0 Å². The van der Waals surface area contributed by atoms with Crippen LogP contribution in [0.4, 0.5) is 0 Å². The Hall–Kier alpha value is -3.03. The molecule has 3 amide bonds. The van der Waals surface area contributed by atoms with Crippen LogP contribution in [0.5, 0.6) is 0 Å². The highest BCUT2D eigenvalue weighted by Crippen LogP contribution is 2.29. The molecule has 0 saturated carbocycles. The van der Waals surface area contributed by atoms with Crippen molar-refractivity contribution in [3.05, 3.63) is 70.3 Å². The molecule has 1 saturated heterocycles. The largest absolute Gasteiger partial charge is 0.326 e. The van der Waals surface area contributed by atoms with Crippen molar-refractivity contribution in [3.8, 4) is 0 Å². The van der Waals surface area contributed by atoms with Crippen molar-refractivity contribution in [2.75, 3.05) is 0 Å². The summed E-state index contributed by atoms with van der Waals surface area (Å²) in [5, 5.41) is 5.77. The molecule has 1 unspecified atom stereocenters. The van der Waals surface area contributed by atoms with Crippen LogP contribution in [-0.4, -0.2) is 28.7 Å². The molecule has 1 fully saturated rings. The normalized spacial score (nSPS) is 18.7. The van der Waals surface area contributed by atoms with Crippen molar-refractivity contribution >= 4 is 17.7 Å². The van der Waals surface area contributed by atoms with E-state index in [4.69, 9.17) is 5.73 Å². The zero-order chi connectivity index (χ0) is 20.4. The van der Waals surface area contributed by atoms with Crippen molar-refractivity contribution in [1.82, 2.24) is 15.5 Å². The summed E-state index contributed by atoms with van der Waals surface area (Å²) in [7, 11) is 0. The highest BCUT2D eigenvalue weighted by atomic mass is 16.2. The van der Waals surface area contributed by atoms with Crippen LogP contribution >= 0.6 is 0 Å². The smallest absolute Gasteiger partial charge is 0.255 e. The second-order valence-electron chi connectivity index (χ2n) is 7.47. The first kappa shape index (κ1) is 19.3. The lowest BCUT2D eigenvalue weighted by atomic mass is 10.0. The monoisotopic (exact) mass is 392 g/mol. The molecule has 2 aromatic carbocycles. The summed E-state index contributed by atoms with van der Waals surface area (Å²) in [4.78, 5) is 38.1. The lowest BCUT2D eigenvalue weighted by molar-refractivity contribution is -0.136. The topological polar surface area (TPSA) is 105 Å². The predicted molar refractivity (Wildman–Crippen MR) is 107 cm³/mol. The Bertz CT molecular complexity index is 972. The first-order chi connectivity index (χ1) is 14.1. The Kier molecular flexibility index (Phi) is 5.42. The van der Waals surface area contributed by atoms with Gasteiger partial charge in [0.15, 0.2) is 0 Å². The summed E-state index contributed by atoms with van der Waals surface area (Å²) < 4.78 is 0. The molecule has 0 spiro atoms. The molecule has 7 heteroatoms. The molecule has 0 aliphatic carbocycles.